The Morgan fingerprint density at radius 1 is 1.26 bits per heavy atom. The highest BCUT2D eigenvalue weighted by atomic mass is 16.6. The van der Waals surface area contributed by atoms with Gasteiger partial charge >= 0.3 is 6.09 Å². The van der Waals surface area contributed by atoms with Crippen molar-refractivity contribution in [2.45, 2.75) is 70.8 Å². The minimum absolute atomic E-state index is 0.0145. The van der Waals surface area contributed by atoms with Crippen molar-refractivity contribution in [2.75, 3.05) is 6.61 Å². The van der Waals surface area contributed by atoms with Gasteiger partial charge in [-0.25, -0.2) is 19.3 Å². The van der Waals surface area contributed by atoms with E-state index in [0.717, 1.165) is 0 Å². The van der Waals surface area contributed by atoms with Gasteiger partial charge in [0.05, 0.1) is 12.3 Å². The third-order valence-electron chi connectivity index (χ3n) is 5.47. The Bertz CT molecular complexity index is 1250. The van der Waals surface area contributed by atoms with Crippen molar-refractivity contribution >= 4 is 17.3 Å². The van der Waals surface area contributed by atoms with E-state index < -0.39 is 48.4 Å². The van der Waals surface area contributed by atoms with Crippen molar-refractivity contribution in [1.29, 1.82) is 0 Å². The van der Waals surface area contributed by atoms with Gasteiger partial charge in [0.25, 0.3) is 5.56 Å². The summed E-state index contributed by atoms with van der Waals surface area (Å²) in [5, 5.41) is 30.6. The van der Waals surface area contributed by atoms with Crippen molar-refractivity contribution in [3.05, 3.63) is 35.0 Å². The van der Waals surface area contributed by atoms with E-state index >= 15 is 0 Å². The lowest BCUT2D eigenvalue weighted by molar-refractivity contribution is -0.0503. The molecule has 34 heavy (non-hydrogen) atoms. The molecule has 1 fully saturated rings. The molecule has 0 aromatic carbocycles. The number of aromatic nitrogens is 5. The van der Waals surface area contributed by atoms with Gasteiger partial charge in [-0.3, -0.25) is 13.9 Å². The van der Waals surface area contributed by atoms with Crippen LogP contribution >= 0.6 is 0 Å². The Hall–Kier alpha value is -3.06. The smallest absolute Gasteiger partial charge is 0.419 e. The van der Waals surface area contributed by atoms with E-state index in [2.05, 4.69) is 9.97 Å². The lowest BCUT2D eigenvalue weighted by Gasteiger charge is -2.22. The van der Waals surface area contributed by atoms with Gasteiger partial charge in [0.1, 0.15) is 30.2 Å². The largest absolute Gasteiger partial charge is 0.443 e. The maximum atomic E-state index is 13.1. The van der Waals surface area contributed by atoms with Gasteiger partial charge in [0.15, 0.2) is 23.2 Å². The quantitative estimate of drug-likeness (QED) is 0.487. The van der Waals surface area contributed by atoms with E-state index in [-0.39, 0.29) is 22.7 Å². The second-order valence-electron chi connectivity index (χ2n) is 9.19. The monoisotopic (exact) mass is 475 g/mol. The predicted molar refractivity (Wildman–Crippen MR) is 120 cm³/mol. The summed E-state index contributed by atoms with van der Waals surface area (Å²) < 4.78 is 15.2. The topological polar surface area (TPSA) is 154 Å². The zero-order valence-corrected chi connectivity index (χ0v) is 19.5. The average molecular weight is 476 g/mol. The molecule has 12 nitrogen and oxygen atoms in total. The molecule has 0 saturated carbocycles. The Kier molecular flexibility index (Phi) is 6.34. The molecule has 3 aromatic rings. The number of imidazole rings is 1. The molecule has 4 rings (SSSR count). The lowest BCUT2D eigenvalue weighted by atomic mass is 10.1. The van der Waals surface area contributed by atoms with Crippen LogP contribution in [0.2, 0.25) is 0 Å². The molecule has 0 amide bonds. The maximum absolute atomic E-state index is 13.1. The predicted octanol–water partition coefficient (Wildman–Crippen LogP) is 0.866. The van der Waals surface area contributed by atoms with Crippen molar-refractivity contribution in [3.8, 4) is 11.5 Å². The Balaban J connectivity index is 1.93. The minimum atomic E-state index is -1.45. The van der Waals surface area contributed by atoms with Gasteiger partial charge in [0, 0.05) is 12.7 Å². The van der Waals surface area contributed by atoms with Crippen molar-refractivity contribution in [2.24, 2.45) is 0 Å². The first-order valence-corrected chi connectivity index (χ1v) is 11.1. The average Bonchev–Trinajstić information content (AvgIpc) is 3.46. The summed E-state index contributed by atoms with van der Waals surface area (Å²) in [5.41, 5.74) is -0.752. The molecule has 0 bridgehead atoms. The van der Waals surface area contributed by atoms with Crippen LogP contribution < -0.4 is 5.56 Å². The van der Waals surface area contributed by atoms with E-state index in [4.69, 9.17) is 9.47 Å². The van der Waals surface area contributed by atoms with Crippen LogP contribution in [0.15, 0.2) is 29.5 Å². The minimum Gasteiger partial charge on any atom is -0.443 e. The second kappa shape index (κ2) is 8.95. The van der Waals surface area contributed by atoms with E-state index in [1.54, 1.807) is 32.9 Å². The fourth-order valence-electron chi connectivity index (χ4n) is 3.95. The van der Waals surface area contributed by atoms with E-state index in [1.165, 1.54) is 26.2 Å². The van der Waals surface area contributed by atoms with E-state index in [1.807, 2.05) is 6.92 Å². The van der Waals surface area contributed by atoms with Gasteiger partial charge in [-0.1, -0.05) is 6.92 Å². The number of aliphatic hydroxyl groups excluding tert-OH is 3. The summed E-state index contributed by atoms with van der Waals surface area (Å²) >= 11 is 0. The number of ether oxygens (including phenoxy) is 2. The van der Waals surface area contributed by atoms with Crippen molar-refractivity contribution in [1.82, 2.24) is 23.7 Å². The van der Waals surface area contributed by atoms with Gasteiger partial charge in [-0.05, 0) is 39.3 Å². The highest BCUT2D eigenvalue weighted by Gasteiger charge is 2.45. The Morgan fingerprint density at radius 3 is 2.62 bits per heavy atom. The molecular formula is C22H29N5O7. The number of fused-ring (bicyclic) bond motifs is 1. The number of carbonyl (C=O) groups excluding carboxylic acids is 1. The number of carbonyl (C=O) groups is 1. The number of nitrogens with zero attached hydrogens (tertiary/aromatic N) is 5. The van der Waals surface area contributed by atoms with Crippen molar-refractivity contribution < 1.29 is 29.6 Å². The highest BCUT2D eigenvalue weighted by Crippen LogP contribution is 2.35. The first kappa shape index (κ1) is 24.1. The van der Waals surface area contributed by atoms with Gasteiger partial charge in [-0.15, -0.1) is 0 Å². The normalized spacial score (nSPS) is 23.0. The molecule has 0 aliphatic carbocycles. The molecule has 12 heteroatoms. The molecule has 3 aromatic heterocycles. The standard InChI is InChI=1S/C22H29N5O7/c1-5-8-25-11-23-18-14(19(25)31)24-17(27(18)20-16(30)15(29)13(10-28)33-20)12-7-6-9-26(12)21(32)34-22(2,3)4/h6-7,9,11,13,15-16,20,28-30H,5,8,10H2,1-4H3/t13-,15-,16-,20-/m1/s1. The fourth-order valence-corrected chi connectivity index (χ4v) is 3.95. The fraction of sp³-hybridized carbons (Fsp3) is 0.545. The molecule has 184 valence electrons. The molecule has 1 saturated heterocycles. The number of hydrogen-bond acceptors (Lipinski definition) is 9. The molecule has 4 atom stereocenters. The summed E-state index contributed by atoms with van der Waals surface area (Å²) in [7, 11) is 0. The van der Waals surface area contributed by atoms with E-state index in [0.29, 0.717) is 13.0 Å². The van der Waals surface area contributed by atoms with E-state index in [9.17, 15) is 24.9 Å². The number of aliphatic hydroxyl groups is 3. The zero-order valence-electron chi connectivity index (χ0n) is 19.5. The van der Waals surface area contributed by atoms with Crippen LogP contribution in [-0.2, 0) is 16.0 Å². The maximum Gasteiger partial charge on any atom is 0.419 e. The van der Waals surface area contributed by atoms with Crippen LogP contribution in [0.4, 0.5) is 4.79 Å². The van der Waals surface area contributed by atoms with Crippen molar-refractivity contribution in [3.63, 3.8) is 0 Å². The molecule has 3 N–H and O–H groups in total. The van der Waals surface area contributed by atoms with Crippen LogP contribution in [0.1, 0.15) is 40.3 Å². The lowest BCUT2D eigenvalue weighted by Crippen LogP contribution is -2.33. The number of rotatable bonds is 5. The molecule has 0 unspecified atom stereocenters. The van der Waals surface area contributed by atoms with Crippen LogP contribution in [0.25, 0.3) is 22.7 Å². The molecular weight excluding hydrogens is 446 g/mol. The summed E-state index contributed by atoms with van der Waals surface area (Å²) in [5.74, 6) is 0.111. The molecule has 1 aliphatic rings. The van der Waals surface area contributed by atoms with Crippen LogP contribution in [0.5, 0.6) is 0 Å². The highest BCUT2D eigenvalue weighted by molar-refractivity contribution is 5.81. The first-order chi connectivity index (χ1) is 16.1. The molecule has 4 heterocycles. The Morgan fingerprint density at radius 2 is 2.00 bits per heavy atom. The van der Waals surface area contributed by atoms with Crippen LogP contribution in [0, 0.1) is 0 Å². The van der Waals surface area contributed by atoms with Gasteiger partial charge in [-0.2, -0.15) is 0 Å². The summed E-state index contributed by atoms with van der Waals surface area (Å²) in [6.45, 7) is 7.05. The third kappa shape index (κ3) is 4.13. The summed E-state index contributed by atoms with van der Waals surface area (Å²) in [4.78, 5) is 34.8. The SMILES string of the molecule is CCCn1cnc2c(nc(-c3cccn3C(=O)OC(C)(C)C)n2[C@@H]2O[C@H](CO)[C@@H](O)[C@H]2O)c1=O. The summed E-state index contributed by atoms with van der Waals surface area (Å²) in [6.07, 6.45) is -2.18. The molecule has 0 radical (unpaired) electrons. The first-order valence-electron chi connectivity index (χ1n) is 11.1. The number of aryl methyl sites for hydroxylation is 1. The summed E-state index contributed by atoms with van der Waals surface area (Å²) in [6, 6.07) is 3.22. The number of hydrogen-bond donors (Lipinski definition) is 3. The van der Waals surface area contributed by atoms with Gasteiger partial charge in [0.2, 0.25) is 0 Å². The van der Waals surface area contributed by atoms with Crippen LogP contribution in [-0.4, -0.2) is 75.6 Å². The van der Waals surface area contributed by atoms with Gasteiger partial charge < -0.3 is 24.8 Å². The van der Waals surface area contributed by atoms with Crippen LogP contribution in [0.3, 0.4) is 0 Å². The molecule has 0 spiro atoms. The third-order valence-corrected chi connectivity index (χ3v) is 5.47. The molecule has 1 aliphatic heterocycles. The Labute approximate surface area is 195 Å². The zero-order chi connectivity index (χ0) is 24.8. The second-order valence-corrected chi connectivity index (χ2v) is 9.19.